The number of H-pyrrole nitrogens is 1. The molecule has 0 aliphatic rings. The first-order chi connectivity index (χ1) is 11.8. The van der Waals surface area contributed by atoms with Gasteiger partial charge in [0.15, 0.2) is 5.69 Å². The number of aromatic amines is 1. The molecule has 1 amide bonds. The third-order valence-corrected chi connectivity index (χ3v) is 4.09. The van der Waals surface area contributed by atoms with Crippen LogP contribution >= 0.6 is 11.3 Å². The van der Waals surface area contributed by atoms with Gasteiger partial charge in [0, 0.05) is 5.56 Å². The molecule has 3 rings (SSSR count). The number of hydrazone groups is 1. The van der Waals surface area contributed by atoms with Crippen molar-refractivity contribution in [3.8, 4) is 16.3 Å². The highest BCUT2D eigenvalue weighted by Gasteiger charge is 2.11. The van der Waals surface area contributed by atoms with E-state index in [0.717, 1.165) is 21.9 Å². The molecule has 0 atom stereocenters. The van der Waals surface area contributed by atoms with Gasteiger partial charge in [0.2, 0.25) is 0 Å². The summed E-state index contributed by atoms with van der Waals surface area (Å²) in [4.78, 5) is 13.1. The Morgan fingerprint density at radius 3 is 3.04 bits per heavy atom. The maximum absolute atomic E-state index is 12.1. The molecule has 2 aromatic heterocycles. The molecule has 2 N–H and O–H groups in total. The largest absolute Gasteiger partial charge is 0.493 e. The Morgan fingerprint density at radius 1 is 1.38 bits per heavy atom. The molecule has 3 aromatic rings. The number of para-hydroxylation sites is 1. The van der Waals surface area contributed by atoms with Crippen LogP contribution < -0.4 is 10.2 Å². The van der Waals surface area contributed by atoms with Gasteiger partial charge in [-0.2, -0.15) is 10.2 Å². The summed E-state index contributed by atoms with van der Waals surface area (Å²) in [7, 11) is 0. The number of thiophene rings is 1. The zero-order chi connectivity index (χ0) is 16.8. The molecule has 0 aliphatic heterocycles. The van der Waals surface area contributed by atoms with E-state index in [1.165, 1.54) is 0 Å². The van der Waals surface area contributed by atoms with E-state index in [1.54, 1.807) is 23.6 Å². The first kappa shape index (κ1) is 15.9. The summed E-state index contributed by atoms with van der Waals surface area (Å²) < 4.78 is 5.50. The topological polar surface area (TPSA) is 79.4 Å². The quantitative estimate of drug-likeness (QED) is 0.534. The normalized spacial score (nSPS) is 10.9. The van der Waals surface area contributed by atoms with Crippen LogP contribution in [0.3, 0.4) is 0 Å². The van der Waals surface area contributed by atoms with Gasteiger partial charge in [-0.25, -0.2) is 5.43 Å². The molecule has 7 heteroatoms. The SMILES string of the molecule is CCOc1ccccc1C=NNC(=O)c1cc(-c2cccs2)[nH]n1. The summed E-state index contributed by atoms with van der Waals surface area (Å²) in [5.74, 6) is 0.344. The van der Waals surface area contributed by atoms with Gasteiger partial charge in [-0.05, 0) is 36.6 Å². The molecule has 122 valence electrons. The van der Waals surface area contributed by atoms with Crippen molar-refractivity contribution in [1.29, 1.82) is 0 Å². The maximum Gasteiger partial charge on any atom is 0.291 e. The fraction of sp³-hybridized carbons (Fsp3) is 0.118. The molecule has 0 aliphatic carbocycles. The fourth-order valence-corrected chi connectivity index (χ4v) is 2.78. The van der Waals surface area contributed by atoms with Gasteiger partial charge in [-0.15, -0.1) is 11.3 Å². The summed E-state index contributed by atoms with van der Waals surface area (Å²) in [6, 6.07) is 13.1. The molecule has 2 heterocycles. The lowest BCUT2D eigenvalue weighted by Crippen LogP contribution is -2.18. The molecular formula is C17H16N4O2S. The number of nitrogens with one attached hydrogen (secondary N) is 2. The Balaban J connectivity index is 1.65. The van der Waals surface area contributed by atoms with Crippen LogP contribution in [0.15, 0.2) is 52.9 Å². The van der Waals surface area contributed by atoms with E-state index in [1.807, 2.05) is 48.7 Å². The summed E-state index contributed by atoms with van der Waals surface area (Å²) in [6.07, 6.45) is 1.55. The number of amides is 1. The summed E-state index contributed by atoms with van der Waals surface area (Å²) in [5, 5.41) is 12.8. The van der Waals surface area contributed by atoms with Crippen molar-refractivity contribution in [2.24, 2.45) is 5.10 Å². The highest BCUT2D eigenvalue weighted by atomic mass is 32.1. The average molecular weight is 340 g/mol. The van der Waals surface area contributed by atoms with Gasteiger partial charge in [0.1, 0.15) is 5.75 Å². The molecule has 0 bridgehead atoms. The zero-order valence-corrected chi connectivity index (χ0v) is 13.8. The summed E-state index contributed by atoms with van der Waals surface area (Å²) in [5.41, 5.74) is 4.36. The van der Waals surface area contributed by atoms with Crippen molar-refractivity contribution in [2.45, 2.75) is 6.92 Å². The van der Waals surface area contributed by atoms with Crippen LogP contribution in [0.5, 0.6) is 5.75 Å². The number of carbonyl (C=O) groups is 1. The van der Waals surface area contributed by atoms with Gasteiger partial charge >= 0.3 is 0 Å². The number of rotatable bonds is 6. The third-order valence-electron chi connectivity index (χ3n) is 3.19. The fourth-order valence-electron chi connectivity index (χ4n) is 2.09. The number of nitrogens with zero attached hydrogens (tertiary/aromatic N) is 2. The van der Waals surface area contributed by atoms with Crippen molar-refractivity contribution in [2.75, 3.05) is 6.61 Å². The first-order valence-electron chi connectivity index (χ1n) is 7.42. The van der Waals surface area contributed by atoms with Gasteiger partial charge in [-0.3, -0.25) is 9.89 Å². The average Bonchev–Trinajstić information content (AvgIpc) is 3.28. The minimum absolute atomic E-state index is 0.286. The predicted octanol–water partition coefficient (Wildman–Crippen LogP) is 3.30. The number of hydrogen-bond donors (Lipinski definition) is 2. The second kappa shape index (κ2) is 7.56. The Kier molecular flexibility index (Phi) is 5.02. The van der Waals surface area contributed by atoms with Crippen molar-refractivity contribution in [3.63, 3.8) is 0 Å². The summed E-state index contributed by atoms with van der Waals surface area (Å²) in [6.45, 7) is 2.48. The number of ether oxygens (including phenoxy) is 1. The molecule has 0 radical (unpaired) electrons. The smallest absolute Gasteiger partial charge is 0.291 e. The maximum atomic E-state index is 12.1. The number of benzene rings is 1. The van der Waals surface area contributed by atoms with Gasteiger partial charge in [-0.1, -0.05) is 18.2 Å². The molecular weight excluding hydrogens is 324 g/mol. The Bertz CT molecular complexity index is 840. The van der Waals surface area contributed by atoms with Crippen LogP contribution in [-0.4, -0.2) is 28.9 Å². The van der Waals surface area contributed by atoms with E-state index < -0.39 is 0 Å². The standard InChI is InChI=1S/C17H16N4O2S/c1-2-23-15-7-4-3-6-12(15)11-18-21-17(22)14-10-13(19-20-14)16-8-5-9-24-16/h3-11H,2H2,1H3,(H,19,20)(H,21,22). The highest BCUT2D eigenvalue weighted by molar-refractivity contribution is 7.13. The molecule has 6 nitrogen and oxygen atoms in total. The van der Waals surface area contributed by atoms with E-state index in [0.29, 0.717) is 6.61 Å². The number of aromatic nitrogens is 2. The molecule has 1 aromatic carbocycles. The van der Waals surface area contributed by atoms with E-state index >= 15 is 0 Å². The van der Waals surface area contributed by atoms with E-state index in [9.17, 15) is 4.79 Å². The van der Waals surface area contributed by atoms with Crippen LogP contribution in [0.4, 0.5) is 0 Å². The van der Waals surface area contributed by atoms with Crippen molar-refractivity contribution < 1.29 is 9.53 Å². The van der Waals surface area contributed by atoms with Crippen LogP contribution in [-0.2, 0) is 0 Å². The Morgan fingerprint density at radius 2 is 2.25 bits per heavy atom. The second-order valence-corrected chi connectivity index (χ2v) is 5.76. The molecule has 0 fully saturated rings. The minimum atomic E-state index is -0.376. The minimum Gasteiger partial charge on any atom is -0.493 e. The second-order valence-electron chi connectivity index (χ2n) is 4.81. The van der Waals surface area contributed by atoms with E-state index in [4.69, 9.17) is 4.74 Å². The molecule has 0 unspecified atom stereocenters. The molecule has 0 saturated carbocycles. The Hall–Kier alpha value is -2.93. The number of hydrogen-bond acceptors (Lipinski definition) is 5. The monoisotopic (exact) mass is 340 g/mol. The van der Waals surface area contributed by atoms with Crippen molar-refractivity contribution in [1.82, 2.24) is 15.6 Å². The van der Waals surface area contributed by atoms with Crippen molar-refractivity contribution in [3.05, 3.63) is 59.1 Å². The van der Waals surface area contributed by atoms with Crippen molar-refractivity contribution >= 4 is 23.5 Å². The Labute approximate surface area is 143 Å². The van der Waals surface area contributed by atoms with Crippen LogP contribution in [0.25, 0.3) is 10.6 Å². The van der Waals surface area contributed by atoms with Crippen LogP contribution in [0, 0.1) is 0 Å². The third kappa shape index (κ3) is 3.69. The lowest BCUT2D eigenvalue weighted by molar-refractivity contribution is 0.0950. The van der Waals surface area contributed by atoms with Gasteiger partial charge < -0.3 is 4.74 Å². The van der Waals surface area contributed by atoms with Gasteiger partial charge in [0.05, 0.1) is 23.4 Å². The molecule has 0 saturated heterocycles. The van der Waals surface area contributed by atoms with Crippen LogP contribution in [0.2, 0.25) is 0 Å². The van der Waals surface area contributed by atoms with Gasteiger partial charge in [0.25, 0.3) is 5.91 Å². The van der Waals surface area contributed by atoms with E-state index in [2.05, 4.69) is 20.7 Å². The number of carbonyl (C=O) groups excluding carboxylic acids is 1. The van der Waals surface area contributed by atoms with Crippen LogP contribution in [0.1, 0.15) is 23.0 Å². The lowest BCUT2D eigenvalue weighted by Gasteiger charge is -2.05. The zero-order valence-electron chi connectivity index (χ0n) is 13.0. The molecule has 24 heavy (non-hydrogen) atoms. The summed E-state index contributed by atoms with van der Waals surface area (Å²) >= 11 is 1.58. The van der Waals surface area contributed by atoms with E-state index in [-0.39, 0.29) is 11.6 Å². The highest BCUT2D eigenvalue weighted by Crippen LogP contribution is 2.22. The predicted molar refractivity (Wildman–Crippen MR) is 94.6 cm³/mol. The lowest BCUT2D eigenvalue weighted by atomic mass is 10.2. The first-order valence-corrected chi connectivity index (χ1v) is 8.30. The molecule has 0 spiro atoms.